The van der Waals surface area contributed by atoms with Gasteiger partial charge in [0.05, 0.1) is 11.3 Å². The molecule has 2 N–H and O–H groups in total. The van der Waals surface area contributed by atoms with Crippen LogP contribution in [0.2, 0.25) is 0 Å². The molecule has 0 saturated carbocycles. The number of nitrogens with zero attached hydrogens (tertiary/aromatic N) is 1. The van der Waals surface area contributed by atoms with Gasteiger partial charge in [0, 0.05) is 37.8 Å². The molecule has 1 heterocycles. The summed E-state index contributed by atoms with van der Waals surface area (Å²) >= 11 is 0. The highest BCUT2D eigenvalue weighted by molar-refractivity contribution is 5.67. The topological polar surface area (TPSA) is 71.0 Å². The second-order valence-corrected chi connectivity index (χ2v) is 8.86. The third-order valence-corrected chi connectivity index (χ3v) is 5.01. The Hall–Kier alpha value is -2.94. The highest BCUT2D eigenvalue weighted by atomic mass is 19.2. The van der Waals surface area contributed by atoms with Crippen molar-refractivity contribution in [3.05, 3.63) is 53.8 Å². The van der Waals surface area contributed by atoms with Gasteiger partial charge in [-0.15, -0.1) is 0 Å². The molecule has 2 aromatic rings. The maximum atomic E-state index is 14.5. The number of benzene rings is 2. The zero-order valence-electron chi connectivity index (χ0n) is 18.3. The lowest BCUT2D eigenvalue weighted by atomic mass is 9.91. The summed E-state index contributed by atoms with van der Waals surface area (Å²) < 4.78 is 52.7. The smallest absolute Gasteiger partial charge is 0.407 e. The number of carbonyl (C=O) groups excluding carboxylic acids is 1. The van der Waals surface area contributed by atoms with Crippen molar-refractivity contribution in [2.75, 3.05) is 24.5 Å². The molecule has 0 spiro atoms. The second-order valence-electron chi connectivity index (χ2n) is 8.86. The maximum absolute atomic E-state index is 14.5. The molecule has 6 nitrogen and oxygen atoms in total. The van der Waals surface area contributed by atoms with Crippen LogP contribution in [0.1, 0.15) is 33.6 Å². The summed E-state index contributed by atoms with van der Waals surface area (Å²) in [4.78, 5) is 13.4. The van der Waals surface area contributed by atoms with E-state index in [0.29, 0.717) is 0 Å². The summed E-state index contributed by atoms with van der Waals surface area (Å²) in [5.74, 6) is -2.46. The van der Waals surface area contributed by atoms with Crippen LogP contribution in [-0.2, 0) is 4.74 Å². The summed E-state index contributed by atoms with van der Waals surface area (Å²) in [6.07, 6.45) is -0.193. The summed E-state index contributed by atoms with van der Waals surface area (Å²) in [6, 6.07) is 7.57. The number of hydrogen-bond acceptors (Lipinski definition) is 5. The van der Waals surface area contributed by atoms with Gasteiger partial charge in [0.25, 0.3) is 0 Å². The Morgan fingerprint density at radius 2 is 1.81 bits per heavy atom. The summed E-state index contributed by atoms with van der Waals surface area (Å²) in [7, 11) is 0. The van der Waals surface area contributed by atoms with Crippen molar-refractivity contribution in [2.45, 2.75) is 44.8 Å². The highest BCUT2D eigenvalue weighted by Gasteiger charge is 2.34. The van der Waals surface area contributed by atoms with E-state index >= 15 is 0 Å². The molecule has 0 unspecified atom stereocenters. The van der Waals surface area contributed by atoms with E-state index in [4.69, 9.17) is 9.47 Å². The number of halogens is 3. The van der Waals surface area contributed by atoms with Crippen LogP contribution in [0.5, 0.6) is 11.5 Å². The van der Waals surface area contributed by atoms with Gasteiger partial charge in [-0.25, -0.2) is 18.0 Å². The van der Waals surface area contributed by atoms with Crippen LogP contribution >= 0.6 is 0 Å². The number of nitrogens with one attached hydrogen (secondary N) is 1. The van der Waals surface area contributed by atoms with Crippen molar-refractivity contribution in [1.29, 1.82) is 0 Å². The number of aliphatic hydroxyl groups is 1. The van der Waals surface area contributed by atoms with Gasteiger partial charge >= 0.3 is 6.09 Å². The third kappa shape index (κ3) is 6.29. The predicted octanol–water partition coefficient (Wildman–Crippen LogP) is 4.75. The zero-order valence-corrected chi connectivity index (χ0v) is 18.3. The second kappa shape index (κ2) is 9.28. The van der Waals surface area contributed by atoms with E-state index in [1.807, 2.05) is 0 Å². The summed E-state index contributed by atoms with van der Waals surface area (Å²) in [5, 5.41) is 13.3. The van der Waals surface area contributed by atoms with Gasteiger partial charge in [-0.1, -0.05) is 6.07 Å². The van der Waals surface area contributed by atoms with Crippen molar-refractivity contribution in [2.24, 2.45) is 0 Å². The largest absolute Gasteiger partial charge is 0.457 e. The average Bonchev–Trinajstić information content (AvgIpc) is 2.69. The van der Waals surface area contributed by atoms with Crippen molar-refractivity contribution in [3.63, 3.8) is 0 Å². The highest BCUT2D eigenvalue weighted by Crippen LogP contribution is 2.34. The number of piperidine rings is 1. The van der Waals surface area contributed by atoms with Crippen LogP contribution < -0.4 is 15.0 Å². The lowest BCUT2D eigenvalue weighted by molar-refractivity contribution is 0.00792. The minimum Gasteiger partial charge on any atom is -0.457 e. The molecule has 0 aromatic heterocycles. The molecule has 9 heteroatoms. The number of anilines is 1. The van der Waals surface area contributed by atoms with E-state index in [9.17, 15) is 23.1 Å². The Bertz CT molecular complexity index is 970. The fraction of sp³-hybridized carbons (Fsp3) is 0.435. The molecule has 1 aliphatic heterocycles. The van der Waals surface area contributed by atoms with Gasteiger partial charge in [0.1, 0.15) is 22.9 Å². The van der Waals surface area contributed by atoms with Gasteiger partial charge in [-0.05, 0) is 45.7 Å². The Kier molecular flexibility index (Phi) is 6.88. The Morgan fingerprint density at radius 3 is 2.44 bits per heavy atom. The number of alkyl carbamates (subject to hydrolysis) is 1. The normalized spacial score (nSPS) is 15.9. The third-order valence-electron chi connectivity index (χ3n) is 5.01. The van der Waals surface area contributed by atoms with Crippen LogP contribution in [0.15, 0.2) is 36.4 Å². The summed E-state index contributed by atoms with van der Waals surface area (Å²) in [5.41, 5.74) is -1.87. The maximum Gasteiger partial charge on any atom is 0.407 e. The molecule has 0 radical (unpaired) electrons. The molecule has 174 valence electrons. The van der Waals surface area contributed by atoms with Crippen LogP contribution in [0, 0.1) is 17.5 Å². The molecule has 1 saturated heterocycles. The minimum absolute atomic E-state index is 0.0152. The van der Waals surface area contributed by atoms with Crippen molar-refractivity contribution < 1.29 is 32.5 Å². The van der Waals surface area contributed by atoms with Crippen LogP contribution in [0.3, 0.4) is 0 Å². The first-order chi connectivity index (χ1) is 14.9. The molecule has 0 aliphatic carbocycles. The summed E-state index contributed by atoms with van der Waals surface area (Å²) in [6.45, 7) is 5.65. The number of hydrogen-bond donors (Lipinski definition) is 2. The van der Waals surface area contributed by atoms with Crippen molar-refractivity contribution in [3.8, 4) is 11.5 Å². The monoisotopic (exact) mass is 452 g/mol. The minimum atomic E-state index is -1.20. The fourth-order valence-electron chi connectivity index (χ4n) is 3.40. The van der Waals surface area contributed by atoms with E-state index in [0.717, 1.165) is 12.1 Å². The van der Waals surface area contributed by atoms with Gasteiger partial charge in [-0.2, -0.15) is 0 Å². The van der Waals surface area contributed by atoms with Gasteiger partial charge in [0.2, 0.25) is 0 Å². The first-order valence-corrected chi connectivity index (χ1v) is 10.3. The van der Waals surface area contributed by atoms with Crippen LogP contribution in [0.25, 0.3) is 0 Å². The van der Waals surface area contributed by atoms with E-state index < -0.39 is 34.7 Å². The van der Waals surface area contributed by atoms with E-state index in [2.05, 4.69) is 5.32 Å². The Morgan fingerprint density at radius 1 is 1.12 bits per heavy atom. The van der Waals surface area contributed by atoms with E-state index in [-0.39, 0.29) is 49.7 Å². The quantitative estimate of drug-likeness (QED) is 0.685. The lowest BCUT2D eigenvalue weighted by Crippen LogP contribution is -2.51. The first-order valence-electron chi connectivity index (χ1n) is 10.3. The molecule has 3 rings (SSSR count). The molecule has 2 aromatic carbocycles. The Balaban J connectivity index is 1.65. The lowest BCUT2D eigenvalue weighted by Gasteiger charge is -2.39. The van der Waals surface area contributed by atoms with Crippen molar-refractivity contribution >= 4 is 11.8 Å². The number of amides is 1. The molecular formula is C23H27F3N2O4. The van der Waals surface area contributed by atoms with Crippen LogP contribution in [0.4, 0.5) is 23.7 Å². The number of rotatable bonds is 5. The van der Waals surface area contributed by atoms with E-state index in [1.54, 1.807) is 25.7 Å². The zero-order chi connectivity index (χ0) is 23.5. The molecule has 1 aliphatic rings. The van der Waals surface area contributed by atoms with Crippen LogP contribution in [-0.4, -0.2) is 42.0 Å². The fourth-order valence-corrected chi connectivity index (χ4v) is 3.40. The Labute approximate surface area is 184 Å². The number of ether oxygens (including phenoxy) is 2. The standard InChI is InChI=1S/C23H27F3N2O4/c1-22(2,3)32-21(29)27-14-23(30)7-9-28(10-8-23)19-13-17(12-18(25)20(19)26)31-16-6-4-5-15(24)11-16/h4-6,11-13,30H,7-10,14H2,1-3H3,(H,27,29). The molecule has 1 amide bonds. The predicted molar refractivity (Wildman–Crippen MR) is 113 cm³/mol. The molecule has 0 bridgehead atoms. The van der Waals surface area contributed by atoms with E-state index in [1.165, 1.54) is 24.3 Å². The molecule has 0 atom stereocenters. The molecular weight excluding hydrogens is 425 g/mol. The van der Waals surface area contributed by atoms with Gasteiger partial charge in [0.15, 0.2) is 11.6 Å². The van der Waals surface area contributed by atoms with Crippen molar-refractivity contribution in [1.82, 2.24) is 5.32 Å². The number of carbonyl (C=O) groups is 1. The SMILES string of the molecule is CC(C)(C)OC(=O)NCC1(O)CCN(c2cc(Oc3cccc(F)c3)cc(F)c2F)CC1. The van der Waals surface area contributed by atoms with Gasteiger partial charge in [-0.3, -0.25) is 0 Å². The van der Waals surface area contributed by atoms with Gasteiger partial charge < -0.3 is 24.8 Å². The molecule has 32 heavy (non-hydrogen) atoms. The molecule has 1 fully saturated rings. The first kappa shape index (κ1) is 23.7. The average molecular weight is 452 g/mol.